The Morgan fingerprint density at radius 3 is 2.41 bits per heavy atom. The normalized spacial score (nSPS) is 14.0. The molecule has 2 aromatic carbocycles. The van der Waals surface area contributed by atoms with E-state index in [1.807, 2.05) is 32.0 Å². The van der Waals surface area contributed by atoms with E-state index in [4.69, 9.17) is 4.74 Å². The predicted octanol–water partition coefficient (Wildman–Crippen LogP) is 1.87. The molecule has 3 rings (SSSR count). The molecule has 1 heterocycles. The molecule has 9 heteroatoms. The number of esters is 1. The number of carbonyl (C=O) groups excluding carboxylic acids is 2. The van der Waals surface area contributed by atoms with Crippen molar-refractivity contribution in [3.8, 4) is 0 Å². The highest BCUT2D eigenvalue weighted by atomic mass is 32.2. The number of likely N-dealkylation sites (N-methyl/N-ethyl adjacent to an activating group) is 1. The Kier molecular flexibility index (Phi) is 5.69. The second-order valence-corrected chi connectivity index (χ2v) is 8.29. The highest BCUT2D eigenvalue weighted by molar-refractivity contribution is 7.90. The number of aryl methyl sites for hydroxylation is 2. The number of para-hydroxylation sites is 1. The second kappa shape index (κ2) is 8.04. The van der Waals surface area contributed by atoms with Crippen molar-refractivity contribution < 1.29 is 22.7 Å². The molecule has 0 saturated heterocycles. The third-order valence-corrected chi connectivity index (χ3v) is 5.78. The summed E-state index contributed by atoms with van der Waals surface area (Å²) in [5.41, 5.74) is 2.93. The lowest BCUT2D eigenvalue weighted by molar-refractivity contribution is -0.147. The minimum Gasteiger partial charge on any atom is -0.454 e. The van der Waals surface area contributed by atoms with Crippen molar-refractivity contribution in [2.75, 3.05) is 25.5 Å². The summed E-state index contributed by atoms with van der Waals surface area (Å²) in [6.45, 7) is 3.05. The van der Waals surface area contributed by atoms with Crippen LogP contribution in [-0.2, 0) is 24.3 Å². The fourth-order valence-electron chi connectivity index (χ4n) is 3.01. The van der Waals surface area contributed by atoms with Crippen LogP contribution in [0.5, 0.6) is 0 Å². The first-order valence-corrected chi connectivity index (χ1v) is 10.3. The summed E-state index contributed by atoms with van der Waals surface area (Å²) < 4.78 is 33.0. The molecule has 0 spiro atoms. The molecule has 0 bridgehead atoms. The Labute approximate surface area is 169 Å². The van der Waals surface area contributed by atoms with Crippen LogP contribution in [0, 0.1) is 13.8 Å². The Morgan fingerprint density at radius 1 is 1.07 bits per heavy atom. The van der Waals surface area contributed by atoms with Gasteiger partial charge in [0.25, 0.3) is 15.9 Å². The van der Waals surface area contributed by atoms with Gasteiger partial charge in [0.1, 0.15) is 11.4 Å². The number of sulfonamides is 1. The number of amidine groups is 1. The van der Waals surface area contributed by atoms with Crippen molar-refractivity contribution in [2.45, 2.75) is 18.7 Å². The summed E-state index contributed by atoms with van der Waals surface area (Å²) in [6, 6.07) is 12.0. The molecule has 1 aliphatic rings. The number of anilines is 1. The third-order valence-electron chi connectivity index (χ3n) is 4.45. The molecule has 0 aliphatic carbocycles. The van der Waals surface area contributed by atoms with Crippen molar-refractivity contribution in [1.29, 1.82) is 0 Å². The van der Waals surface area contributed by atoms with Gasteiger partial charge in [-0.25, -0.2) is 0 Å². The molecule has 1 aliphatic heterocycles. The monoisotopic (exact) mass is 415 g/mol. The highest BCUT2D eigenvalue weighted by Crippen LogP contribution is 2.26. The van der Waals surface area contributed by atoms with Crippen LogP contribution in [0.4, 0.5) is 5.69 Å². The number of carbonyl (C=O) groups is 2. The van der Waals surface area contributed by atoms with E-state index in [1.165, 1.54) is 18.0 Å². The van der Waals surface area contributed by atoms with Crippen LogP contribution in [-0.4, -0.2) is 51.2 Å². The number of hydrogen-bond acceptors (Lipinski definition) is 6. The van der Waals surface area contributed by atoms with E-state index in [9.17, 15) is 18.0 Å². The number of hydrogen-bond donors (Lipinski definition) is 1. The highest BCUT2D eigenvalue weighted by Gasteiger charge is 2.31. The first-order chi connectivity index (χ1) is 13.7. The number of nitrogens with zero attached hydrogens (tertiary/aromatic N) is 2. The quantitative estimate of drug-likeness (QED) is 0.748. The Bertz CT molecular complexity index is 1090. The SMILES string of the molecule is Cc1cccc(C)c1NC(=O)COC(=O)CN(C)C1=NS(=O)(=O)c2ccccc21. The van der Waals surface area contributed by atoms with Gasteiger partial charge in [-0.15, -0.1) is 4.40 Å². The fourth-order valence-corrected chi connectivity index (χ4v) is 4.26. The van der Waals surface area contributed by atoms with Gasteiger partial charge in [-0.2, -0.15) is 8.42 Å². The topological polar surface area (TPSA) is 105 Å². The number of rotatable bonds is 5. The number of ether oxygens (including phenoxy) is 1. The smallest absolute Gasteiger partial charge is 0.326 e. The van der Waals surface area contributed by atoms with E-state index in [-0.39, 0.29) is 17.3 Å². The molecule has 152 valence electrons. The Morgan fingerprint density at radius 2 is 1.72 bits per heavy atom. The largest absolute Gasteiger partial charge is 0.454 e. The average Bonchev–Trinajstić information content (AvgIpc) is 2.95. The van der Waals surface area contributed by atoms with Crippen molar-refractivity contribution >= 4 is 33.4 Å². The lowest BCUT2D eigenvalue weighted by atomic mass is 10.1. The summed E-state index contributed by atoms with van der Waals surface area (Å²) in [6.07, 6.45) is 0. The molecule has 2 aromatic rings. The van der Waals surface area contributed by atoms with E-state index >= 15 is 0 Å². The first kappa shape index (κ1) is 20.5. The van der Waals surface area contributed by atoms with Crippen LogP contribution in [0.15, 0.2) is 51.8 Å². The zero-order chi connectivity index (χ0) is 21.2. The van der Waals surface area contributed by atoms with Crippen LogP contribution in [0.25, 0.3) is 0 Å². The van der Waals surface area contributed by atoms with Crippen molar-refractivity contribution in [2.24, 2.45) is 4.40 Å². The predicted molar refractivity (Wildman–Crippen MR) is 108 cm³/mol. The lowest BCUT2D eigenvalue weighted by Crippen LogP contribution is -2.34. The van der Waals surface area contributed by atoms with Gasteiger partial charge in [0.05, 0.1) is 0 Å². The van der Waals surface area contributed by atoms with Gasteiger partial charge in [-0.05, 0) is 37.1 Å². The number of nitrogens with one attached hydrogen (secondary N) is 1. The van der Waals surface area contributed by atoms with Crippen molar-refractivity contribution in [3.63, 3.8) is 0 Å². The molecule has 0 unspecified atom stereocenters. The molecule has 0 atom stereocenters. The molecular formula is C20H21N3O5S. The average molecular weight is 415 g/mol. The van der Waals surface area contributed by atoms with E-state index in [1.54, 1.807) is 18.2 Å². The van der Waals surface area contributed by atoms with E-state index in [0.717, 1.165) is 11.1 Å². The third kappa shape index (κ3) is 4.45. The molecule has 8 nitrogen and oxygen atoms in total. The summed E-state index contributed by atoms with van der Waals surface area (Å²) in [5, 5.41) is 2.73. The van der Waals surface area contributed by atoms with Crippen LogP contribution in [0.3, 0.4) is 0 Å². The summed E-state index contributed by atoms with van der Waals surface area (Å²) in [7, 11) is -2.24. The summed E-state index contributed by atoms with van der Waals surface area (Å²) >= 11 is 0. The molecule has 0 radical (unpaired) electrons. The molecule has 0 fully saturated rings. The van der Waals surface area contributed by atoms with Crippen molar-refractivity contribution in [1.82, 2.24) is 4.90 Å². The molecule has 0 aromatic heterocycles. The minimum absolute atomic E-state index is 0.100. The van der Waals surface area contributed by atoms with Gasteiger partial charge in [0.15, 0.2) is 12.4 Å². The lowest BCUT2D eigenvalue weighted by Gasteiger charge is -2.18. The maximum Gasteiger partial charge on any atom is 0.326 e. The molecular weight excluding hydrogens is 394 g/mol. The van der Waals surface area contributed by atoms with Gasteiger partial charge >= 0.3 is 5.97 Å². The molecule has 0 saturated carbocycles. The number of amides is 1. The van der Waals surface area contributed by atoms with Crippen LogP contribution >= 0.6 is 0 Å². The molecule has 1 N–H and O–H groups in total. The Hall–Kier alpha value is -3.20. The van der Waals surface area contributed by atoms with E-state index in [2.05, 4.69) is 9.71 Å². The summed E-state index contributed by atoms with van der Waals surface area (Å²) in [4.78, 5) is 25.7. The number of benzene rings is 2. The first-order valence-electron chi connectivity index (χ1n) is 8.86. The maximum atomic E-state index is 12.1. The van der Waals surface area contributed by atoms with E-state index in [0.29, 0.717) is 11.3 Å². The maximum absolute atomic E-state index is 12.1. The van der Waals surface area contributed by atoms with E-state index < -0.39 is 28.5 Å². The van der Waals surface area contributed by atoms with Gasteiger partial charge in [0.2, 0.25) is 0 Å². The molecule has 29 heavy (non-hydrogen) atoms. The zero-order valence-corrected chi connectivity index (χ0v) is 17.1. The van der Waals surface area contributed by atoms with Crippen LogP contribution < -0.4 is 5.32 Å². The summed E-state index contributed by atoms with van der Waals surface area (Å²) in [5.74, 6) is -0.962. The van der Waals surface area contributed by atoms with Gasteiger partial charge in [-0.3, -0.25) is 9.59 Å². The standard InChI is InChI=1S/C20H21N3O5S/c1-13-7-6-8-14(2)19(13)21-17(24)12-28-18(25)11-23(3)20-15-9-4-5-10-16(15)29(26,27)22-20/h4-10H,11-12H2,1-3H3,(H,21,24). The van der Waals surface area contributed by atoms with Gasteiger partial charge in [0, 0.05) is 18.3 Å². The molecule has 1 amide bonds. The minimum atomic E-state index is -3.77. The fraction of sp³-hybridized carbons (Fsp3) is 0.250. The second-order valence-electron chi connectivity index (χ2n) is 6.72. The van der Waals surface area contributed by atoms with Gasteiger partial charge < -0.3 is 15.0 Å². The van der Waals surface area contributed by atoms with Crippen LogP contribution in [0.2, 0.25) is 0 Å². The zero-order valence-electron chi connectivity index (χ0n) is 16.3. The number of fused-ring (bicyclic) bond motifs is 1. The van der Waals surface area contributed by atoms with Crippen molar-refractivity contribution in [3.05, 3.63) is 59.2 Å². The van der Waals surface area contributed by atoms with Crippen LogP contribution in [0.1, 0.15) is 16.7 Å². The Balaban J connectivity index is 1.58. The van der Waals surface area contributed by atoms with Gasteiger partial charge in [-0.1, -0.05) is 30.3 Å².